The fraction of sp³-hybridized carbons (Fsp3) is 0.524. The molecule has 2 aromatic rings. The van der Waals surface area contributed by atoms with Crippen molar-refractivity contribution in [1.82, 2.24) is 0 Å². The molecule has 5 heteroatoms. The summed E-state index contributed by atoms with van der Waals surface area (Å²) in [6.45, 7) is 10.2. The minimum atomic E-state index is -0.219. The van der Waals surface area contributed by atoms with Gasteiger partial charge in [-0.05, 0) is 67.5 Å². The molecule has 1 fully saturated rings. The first-order valence-electron chi connectivity index (χ1n) is 9.16. The summed E-state index contributed by atoms with van der Waals surface area (Å²) in [7, 11) is 0. The Labute approximate surface area is 168 Å². The van der Waals surface area contributed by atoms with E-state index in [1.165, 1.54) is 43.3 Å². The Morgan fingerprint density at radius 1 is 0.962 bits per heavy atom. The van der Waals surface area contributed by atoms with Crippen LogP contribution in [0.2, 0.25) is 4.34 Å². The normalized spacial score (nSPS) is 21.0. The van der Waals surface area contributed by atoms with E-state index < -0.39 is 0 Å². The van der Waals surface area contributed by atoms with Gasteiger partial charge in [0.25, 0.3) is 0 Å². The van der Waals surface area contributed by atoms with Crippen LogP contribution in [0.1, 0.15) is 65.2 Å². The average molecular weight is 409 g/mol. The van der Waals surface area contributed by atoms with E-state index in [0.29, 0.717) is 0 Å². The van der Waals surface area contributed by atoms with E-state index in [1.54, 1.807) is 22.7 Å². The Balaban J connectivity index is 1.67. The third-order valence-electron chi connectivity index (χ3n) is 5.18. The van der Waals surface area contributed by atoms with E-state index in [2.05, 4.69) is 39.8 Å². The molecule has 0 aromatic carbocycles. The highest BCUT2D eigenvalue weighted by molar-refractivity contribution is 7.16. The van der Waals surface area contributed by atoms with Crippen LogP contribution in [0.15, 0.2) is 12.1 Å². The summed E-state index contributed by atoms with van der Waals surface area (Å²) in [6, 6.07) is 4.44. The van der Waals surface area contributed by atoms with Gasteiger partial charge in [-0.15, -0.1) is 22.7 Å². The highest BCUT2D eigenvalue weighted by atomic mass is 35.5. The zero-order chi connectivity index (χ0) is 18.5. The van der Waals surface area contributed by atoms with Crippen molar-refractivity contribution in [2.75, 3.05) is 13.2 Å². The smallest absolute Gasteiger partial charge is 0.193 e. The summed E-state index contributed by atoms with van der Waals surface area (Å²) < 4.78 is 12.9. The molecule has 26 heavy (non-hydrogen) atoms. The van der Waals surface area contributed by atoms with Crippen molar-refractivity contribution in [2.45, 2.75) is 53.2 Å². The molecule has 3 heterocycles. The molecule has 2 nitrogen and oxygen atoms in total. The maximum atomic E-state index is 6.26. The molecule has 0 spiro atoms. The van der Waals surface area contributed by atoms with Gasteiger partial charge in [0, 0.05) is 15.2 Å². The Bertz CT molecular complexity index is 849. The van der Waals surface area contributed by atoms with Crippen LogP contribution in [0.4, 0.5) is 0 Å². The Hall–Kier alpha value is -0.650. The summed E-state index contributed by atoms with van der Waals surface area (Å²) in [5, 5.41) is 0. The second kappa shape index (κ2) is 7.06. The van der Waals surface area contributed by atoms with E-state index >= 15 is 0 Å². The number of thiophene rings is 2. The van der Waals surface area contributed by atoms with E-state index in [-0.39, 0.29) is 11.7 Å². The van der Waals surface area contributed by atoms with Crippen molar-refractivity contribution < 1.29 is 9.47 Å². The van der Waals surface area contributed by atoms with Gasteiger partial charge in [-0.2, -0.15) is 0 Å². The lowest BCUT2D eigenvalue weighted by molar-refractivity contribution is -0.224. The lowest BCUT2D eigenvalue weighted by Gasteiger charge is -2.34. The van der Waals surface area contributed by atoms with Crippen LogP contribution < -0.4 is 0 Å². The molecular weight excluding hydrogens is 384 g/mol. The number of aryl methyl sites for hydroxylation is 2. The minimum Gasteiger partial charge on any atom is -0.347 e. The summed E-state index contributed by atoms with van der Waals surface area (Å²) >= 11 is 9.75. The zero-order valence-electron chi connectivity index (χ0n) is 15.8. The molecule has 140 valence electrons. The zero-order valence-corrected chi connectivity index (χ0v) is 18.2. The predicted molar refractivity (Wildman–Crippen MR) is 112 cm³/mol. The topological polar surface area (TPSA) is 18.5 Å². The highest BCUT2D eigenvalue weighted by Gasteiger charge is 2.31. The summed E-state index contributed by atoms with van der Waals surface area (Å²) in [5.41, 5.74) is 5.77. The number of hydrogen-bond acceptors (Lipinski definition) is 4. The molecule has 2 aliphatic rings. The molecule has 4 rings (SSSR count). The fourth-order valence-corrected chi connectivity index (χ4v) is 6.13. The van der Waals surface area contributed by atoms with Crippen molar-refractivity contribution in [1.29, 1.82) is 0 Å². The fourth-order valence-electron chi connectivity index (χ4n) is 3.86. The minimum absolute atomic E-state index is 0.0997. The van der Waals surface area contributed by atoms with Crippen molar-refractivity contribution in [3.05, 3.63) is 42.2 Å². The molecule has 0 radical (unpaired) electrons. The molecule has 2 aromatic heterocycles. The molecule has 0 N–H and O–H groups in total. The number of ether oxygens (including phenoxy) is 2. The average Bonchev–Trinajstić information content (AvgIpc) is 3.25. The molecule has 0 saturated carbocycles. The third kappa shape index (κ3) is 3.55. The Morgan fingerprint density at radius 2 is 1.54 bits per heavy atom. The molecule has 0 atom stereocenters. The monoisotopic (exact) mass is 408 g/mol. The number of hydrogen-bond donors (Lipinski definition) is 0. The second-order valence-corrected chi connectivity index (χ2v) is 11.2. The molecule has 1 aliphatic heterocycles. The second-order valence-electron chi connectivity index (χ2n) is 8.07. The first kappa shape index (κ1) is 18.7. The van der Waals surface area contributed by atoms with Crippen LogP contribution in [-0.2, 0) is 9.47 Å². The maximum Gasteiger partial charge on any atom is 0.193 e. The van der Waals surface area contributed by atoms with Crippen LogP contribution in [0.5, 0.6) is 0 Å². The maximum absolute atomic E-state index is 6.26. The van der Waals surface area contributed by atoms with Crippen LogP contribution in [-0.4, -0.2) is 13.2 Å². The first-order chi connectivity index (χ1) is 12.3. The molecule has 1 aliphatic carbocycles. The van der Waals surface area contributed by atoms with Gasteiger partial charge in [0.1, 0.15) is 0 Å². The van der Waals surface area contributed by atoms with Gasteiger partial charge in [0.2, 0.25) is 0 Å². The van der Waals surface area contributed by atoms with Crippen LogP contribution in [0, 0.1) is 19.3 Å². The number of rotatable bonds is 3. The number of halogens is 1. The van der Waals surface area contributed by atoms with Crippen LogP contribution >= 0.6 is 34.3 Å². The molecule has 0 bridgehead atoms. The summed E-state index contributed by atoms with van der Waals surface area (Å²) in [6.07, 6.45) is 3.27. The van der Waals surface area contributed by atoms with Gasteiger partial charge >= 0.3 is 0 Å². The standard InChI is InChI=1S/C21H25ClO2S2/c1-12-16(8-18(25-12)20-23-10-21(3,4)11-24-20)14-6-5-7-15(14)17-9-19(22)26-13(17)2/h8-9,20H,5-7,10-11H2,1-4H3. The van der Waals surface area contributed by atoms with Gasteiger partial charge in [0.15, 0.2) is 6.29 Å². The SMILES string of the molecule is Cc1sc(Cl)cc1C1=C(c2cc(C3OCC(C)(C)CO3)sc2C)CCC1. The quantitative estimate of drug-likeness (QED) is 0.532. The molecular formula is C21H25ClO2S2. The van der Waals surface area contributed by atoms with E-state index in [4.69, 9.17) is 21.1 Å². The van der Waals surface area contributed by atoms with E-state index in [0.717, 1.165) is 30.4 Å². The van der Waals surface area contributed by atoms with Crippen LogP contribution in [0.25, 0.3) is 11.1 Å². The number of allylic oxidation sites excluding steroid dienone is 2. The van der Waals surface area contributed by atoms with Gasteiger partial charge in [-0.1, -0.05) is 25.4 Å². The lowest BCUT2D eigenvalue weighted by atomic mass is 9.95. The molecule has 0 unspecified atom stereocenters. The van der Waals surface area contributed by atoms with Gasteiger partial charge in [-0.25, -0.2) is 0 Å². The Morgan fingerprint density at radius 3 is 2.12 bits per heavy atom. The first-order valence-corrected chi connectivity index (χ1v) is 11.2. The molecule has 1 saturated heterocycles. The van der Waals surface area contributed by atoms with Gasteiger partial charge < -0.3 is 9.47 Å². The highest BCUT2D eigenvalue weighted by Crippen LogP contribution is 2.46. The van der Waals surface area contributed by atoms with Gasteiger partial charge in [0.05, 0.1) is 22.4 Å². The molecule has 0 amide bonds. The van der Waals surface area contributed by atoms with E-state index in [9.17, 15) is 0 Å². The van der Waals surface area contributed by atoms with Gasteiger partial charge in [-0.3, -0.25) is 0 Å². The third-order valence-corrected chi connectivity index (χ3v) is 7.43. The van der Waals surface area contributed by atoms with Crippen molar-refractivity contribution in [3.63, 3.8) is 0 Å². The van der Waals surface area contributed by atoms with Crippen molar-refractivity contribution in [3.8, 4) is 0 Å². The largest absolute Gasteiger partial charge is 0.347 e. The summed E-state index contributed by atoms with van der Waals surface area (Å²) in [5.74, 6) is 0. The van der Waals surface area contributed by atoms with E-state index in [1.807, 2.05) is 0 Å². The predicted octanol–water partition coefficient (Wildman–Crippen LogP) is 7.25. The van der Waals surface area contributed by atoms with Crippen molar-refractivity contribution in [2.24, 2.45) is 5.41 Å². The van der Waals surface area contributed by atoms with Crippen molar-refractivity contribution >= 4 is 45.4 Å². The lowest BCUT2D eigenvalue weighted by Crippen LogP contribution is -2.33. The summed E-state index contributed by atoms with van der Waals surface area (Å²) in [4.78, 5) is 3.86. The van der Waals surface area contributed by atoms with Crippen LogP contribution in [0.3, 0.4) is 0 Å². The Kier molecular flexibility index (Phi) is 5.08.